The average Bonchev–Trinajstić information content (AvgIpc) is 2.74. The van der Waals surface area contributed by atoms with Crippen LogP contribution in [0.3, 0.4) is 0 Å². The zero-order chi connectivity index (χ0) is 9.26. The van der Waals surface area contributed by atoms with Crippen LogP contribution in [0.1, 0.15) is 10.4 Å². The molecule has 0 aliphatic carbocycles. The highest BCUT2D eigenvalue weighted by molar-refractivity contribution is 5.97. The number of rotatable bonds is 2. The Morgan fingerprint density at radius 2 is 2.38 bits per heavy atom. The lowest BCUT2D eigenvalue weighted by Gasteiger charge is -1.90. The van der Waals surface area contributed by atoms with Gasteiger partial charge in [0.2, 0.25) is 5.76 Å². The van der Waals surface area contributed by atoms with Gasteiger partial charge in [0.1, 0.15) is 5.56 Å². The van der Waals surface area contributed by atoms with E-state index in [2.05, 4.69) is 5.16 Å². The Morgan fingerprint density at radius 1 is 1.54 bits per heavy atom. The topological polar surface area (TPSA) is 82.3 Å². The lowest BCUT2D eigenvalue weighted by atomic mass is 10.2. The molecule has 0 bridgehead atoms. The number of carbonyl (C=O) groups is 1. The van der Waals surface area contributed by atoms with Crippen molar-refractivity contribution in [2.45, 2.75) is 0 Å². The van der Waals surface area contributed by atoms with E-state index < -0.39 is 5.91 Å². The SMILES string of the molecule is NC(=O)c1cnoc1-c1ccco1. The maximum absolute atomic E-state index is 10.9. The van der Waals surface area contributed by atoms with Crippen LogP contribution in [0.2, 0.25) is 0 Å². The standard InChI is InChI=1S/C8H6N2O3/c9-8(11)5-4-10-13-7(5)6-2-1-3-12-6/h1-4H,(H2,9,11). The summed E-state index contributed by atoms with van der Waals surface area (Å²) in [7, 11) is 0. The summed E-state index contributed by atoms with van der Waals surface area (Å²) >= 11 is 0. The normalized spacial score (nSPS) is 10.2. The molecule has 0 unspecified atom stereocenters. The highest BCUT2D eigenvalue weighted by atomic mass is 16.5. The molecule has 2 aromatic rings. The summed E-state index contributed by atoms with van der Waals surface area (Å²) < 4.78 is 9.85. The number of primary amides is 1. The maximum Gasteiger partial charge on any atom is 0.254 e. The molecule has 13 heavy (non-hydrogen) atoms. The molecule has 0 aliphatic heterocycles. The van der Waals surface area contributed by atoms with Crippen molar-refractivity contribution < 1.29 is 13.7 Å². The minimum atomic E-state index is -0.590. The summed E-state index contributed by atoms with van der Waals surface area (Å²) in [6, 6.07) is 3.34. The summed E-state index contributed by atoms with van der Waals surface area (Å²) in [5.41, 5.74) is 5.30. The number of hydrogen-bond donors (Lipinski definition) is 1. The fraction of sp³-hybridized carbons (Fsp3) is 0. The molecular weight excluding hydrogens is 172 g/mol. The zero-order valence-electron chi connectivity index (χ0n) is 6.56. The largest absolute Gasteiger partial charge is 0.461 e. The van der Waals surface area contributed by atoms with Gasteiger partial charge < -0.3 is 14.7 Å². The molecule has 0 spiro atoms. The van der Waals surface area contributed by atoms with Gasteiger partial charge in [-0.1, -0.05) is 5.16 Å². The molecule has 0 aliphatic rings. The molecule has 0 aromatic carbocycles. The van der Waals surface area contributed by atoms with Gasteiger partial charge in [-0.15, -0.1) is 0 Å². The highest BCUT2D eigenvalue weighted by Gasteiger charge is 2.16. The second-order valence-corrected chi connectivity index (χ2v) is 2.41. The van der Waals surface area contributed by atoms with Crippen molar-refractivity contribution in [3.05, 3.63) is 30.2 Å². The van der Waals surface area contributed by atoms with E-state index in [9.17, 15) is 4.79 Å². The van der Waals surface area contributed by atoms with Gasteiger partial charge in [-0.05, 0) is 12.1 Å². The van der Waals surface area contributed by atoms with E-state index in [0.717, 1.165) is 0 Å². The summed E-state index contributed by atoms with van der Waals surface area (Å²) in [4.78, 5) is 10.9. The van der Waals surface area contributed by atoms with E-state index in [0.29, 0.717) is 5.76 Å². The van der Waals surface area contributed by atoms with Crippen LogP contribution in [0.25, 0.3) is 11.5 Å². The first kappa shape index (κ1) is 7.60. The van der Waals surface area contributed by atoms with Crippen molar-refractivity contribution in [3.8, 4) is 11.5 Å². The van der Waals surface area contributed by atoms with Crippen LogP contribution in [0, 0.1) is 0 Å². The van der Waals surface area contributed by atoms with Crippen LogP contribution < -0.4 is 5.73 Å². The van der Waals surface area contributed by atoms with E-state index in [1.165, 1.54) is 12.5 Å². The van der Waals surface area contributed by atoms with Crippen molar-refractivity contribution in [1.29, 1.82) is 0 Å². The highest BCUT2D eigenvalue weighted by Crippen LogP contribution is 2.23. The van der Waals surface area contributed by atoms with Crippen LogP contribution in [-0.2, 0) is 0 Å². The quantitative estimate of drug-likeness (QED) is 0.744. The minimum absolute atomic E-state index is 0.218. The fourth-order valence-corrected chi connectivity index (χ4v) is 1.00. The Kier molecular flexibility index (Phi) is 1.63. The second-order valence-electron chi connectivity index (χ2n) is 2.41. The van der Waals surface area contributed by atoms with Crippen molar-refractivity contribution in [1.82, 2.24) is 5.16 Å². The molecule has 5 nitrogen and oxygen atoms in total. The summed E-state index contributed by atoms with van der Waals surface area (Å²) in [6.45, 7) is 0. The number of hydrogen-bond acceptors (Lipinski definition) is 4. The molecule has 2 aromatic heterocycles. The molecule has 2 heterocycles. The third-order valence-corrected chi connectivity index (χ3v) is 1.58. The molecule has 0 atom stereocenters. The predicted molar refractivity (Wildman–Crippen MR) is 42.7 cm³/mol. The Balaban J connectivity index is 2.52. The first-order valence-electron chi connectivity index (χ1n) is 3.57. The Morgan fingerprint density at radius 3 is 3.00 bits per heavy atom. The van der Waals surface area contributed by atoms with Gasteiger partial charge in [0.15, 0.2) is 5.76 Å². The van der Waals surface area contributed by atoms with Gasteiger partial charge in [-0.25, -0.2) is 0 Å². The van der Waals surface area contributed by atoms with Gasteiger partial charge in [0.05, 0.1) is 12.5 Å². The summed E-state index contributed by atoms with van der Waals surface area (Å²) in [6.07, 6.45) is 2.74. The first-order chi connectivity index (χ1) is 6.29. The maximum atomic E-state index is 10.9. The van der Waals surface area contributed by atoms with Crippen molar-refractivity contribution >= 4 is 5.91 Å². The lowest BCUT2D eigenvalue weighted by Crippen LogP contribution is -2.10. The number of amides is 1. The first-order valence-corrected chi connectivity index (χ1v) is 3.57. The van der Waals surface area contributed by atoms with Gasteiger partial charge in [0, 0.05) is 0 Å². The second kappa shape index (κ2) is 2.78. The summed E-state index contributed by atoms with van der Waals surface area (Å²) in [5, 5.41) is 3.46. The number of aromatic nitrogens is 1. The van der Waals surface area contributed by atoms with Crippen LogP contribution in [0.4, 0.5) is 0 Å². The Labute approximate surface area is 73.1 Å². The number of nitrogens with two attached hydrogens (primary N) is 1. The molecule has 5 heteroatoms. The molecule has 0 saturated carbocycles. The molecule has 66 valence electrons. The molecule has 2 N–H and O–H groups in total. The fourth-order valence-electron chi connectivity index (χ4n) is 1.00. The van der Waals surface area contributed by atoms with Crippen molar-refractivity contribution in [2.24, 2.45) is 5.73 Å². The average molecular weight is 178 g/mol. The van der Waals surface area contributed by atoms with Gasteiger partial charge in [-0.2, -0.15) is 0 Å². The van der Waals surface area contributed by atoms with E-state index in [-0.39, 0.29) is 11.3 Å². The van der Waals surface area contributed by atoms with Gasteiger partial charge in [-0.3, -0.25) is 4.79 Å². The predicted octanol–water partition coefficient (Wildman–Crippen LogP) is 1.03. The third-order valence-electron chi connectivity index (χ3n) is 1.58. The minimum Gasteiger partial charge on any atom is -0.461 e. The smallest absolute Gasteiger partial charge is 0.254 e. The van der Waals surface area contributed by atoms with Gasteiger partial charge in [0.25, 0.3) is 5.91 Å². The summed E-state index contributed by atoms with van der Waals surface area (Å²) in [5.74, 6) is 0.108. The van der Waals surface area contributed by atoms with Crippen LogP contribution in [0.15, 0.2) is 33.5 Å². The van der Waals surface area contributed by atoms with E-state index in [1.807, 2.05) is 0 Å². The molecule has 0 fully saturated rings. The lowest BCUT2D eigenvalue weighted by molar-refractivity contribution is 0.100. The van der Waals surface area contributed by atoms with Crippen LogP contribution in [0.5, 0.6) is 0 Å². The third kappa shape index (κ3) is 1.20. The van der Waals surface area contributed by atoms with E-state index in [4.69, 9.17) is 14.7 Å². The molecule has 1 amide bonds. The molecule has 0 radical (unpaired) electrons. The van der Waals surface area contributed by atoms with Crippen molar-refractivity contribution in [3.63, 3.8) is 0 Å². The zero-order valence-corrected chi connectivity index (χ0v) is 6.56. The van der Waals surface area contributed by atoms with E-state index in [1.54, 1.807) is 12.1 Å². The number of nitrogens with zero attached hydrogens (tertiary/aromatic N) is 1. The number of carbonyl (C=O) groups excluding carboxylic acids is 1. The monoisotopic (exact) mass is 178 g/mol. The van der Waals surface area contributed by atoms with Crippen LogP contribution >= 0.6 is 0 Å². The Hall–Kier alpha value is -2.04. The molecule has 0 saturated heterocycles. The number of furan rings is 1. The van der Waals surface area contributed by atoms with Crippen molar-refractivity contribution in [2.75, 3.05) is 0 Å². The van der Waals surface area contributed by atoms with E-state index >= 15 is 0 Å². The van der Waals surface area contributed by atoms with Gasteiger partial charge >= 0.3 is 0 Å². The molecule has 2 rings (SSSR count). The molecular formula is C8H6N2O3. The Bertz CT molecular complexity index is 416. The van der Waals surface area contributed by atoms with Crippen LogP contribution in [-0.4, -0.2) is 11.1 Å².